The molecule has 0 fully saturated rings. The van der Waals surface area contributed by atoms with Crippen LogP contribution in [0.1, 0.15) is 5.56 Å². The fourth-order valence-corrected chi connectivity index (χ4v) is 1.80. The predicted octanol–water partition coefficient (Wildman–Crippen LogP) is 2.75. The van der Waals surface area contributed by atoms with Crippen LogP contribution < -0.4 is 5.69 Å². The maximum atomic E-state index is 12.7. The molecule has 3 aromatic rings. The number of aliphatic imine (C=N–C) groups is 1. The molecule has 19 heavy (non-hydrogen) atoms. The number of imidazole rings is 1. The molecular weight excluding hydrogens is 245 g/mol. The minimum Gasteiger partial charge on any atom is -0.306 e. The van der Waals surface area contributed by atoms with Crippen LogP contribution in [0.5, 0.6) is 0 Å². The molecule has 2 aromatic carbocycles. The molecule has 0 amide bonds. The van der Waals surface area contributed by atoms with Gasteiger partial charge in [-0.15, -0.1) is 0 Å². The van der Waals surface area contributed by atoms with Crippen molar-refractivity contribution in [1.29, 1.82) is 0 Å². The Morgan fingerprint density at radius 2 is 1.74 bits per heavy atom. The predicted molar refractivity (Wildman–Crippen MR) is 72.6 cm³/mol. The zero-order chi connectivity index (χ0) is 13.2. The third kappa shape index (κ3) is 2.44. The van der Waals surface area contributed by atoms with Crippen molar-refractivity contribution in [3.8, 4) is 0 Å². The van der Waals surface area contributed by atoms with Crippen molar-refractivity contribution < 1.29 is 4.39 Å². The Kier molecular flexibility index (Phi) is 2.72. The number of nitrogens with zero attached hydrogens (tertiary/aromatic N) is 1. The Balaban J connectivity index is 1.91. The molecule has 1 aromatic heterocycles. The van der Waals surface area contributed by atoms with E-state index in [4.69, 9.17) is 0 Å². The van der Waals surface area contributed by atoms with E-state index in [1.54, 1.807) is 36.5 Å². The van der Waals surface area contributed by atoms with Crippen molar-refractivity contribution in [2.45, 2.75) is 0 Å². The van der Waals surface area contributed by atoms with Crippen LogP contribution in [0.15, 0.2) is 52.3 Å². The lowest BCUT2D eigenvalue weighted by molar-refractivity contribution is 0.628. The zero-order valence-corrected chi connectivity index (χ0v) is 9.85. The molecule has 0 radical (unpaired) electrons. The topological polar surface area (TPSA) is 61.0 Å². The summed E-state index contributed by atoms with van der Waals surface area (Å²) in [7, 11) is 0. The second kappa shape index (κ2) is 4.53. The third-order valence-electron chi connectivity index (χ3n) is 2.73. The molecule has 0 unspecified atom stereocenters. The van der Waals surface area contributed by atoms with Gasteiger partial charge in [-0.1, -0.05) is 12.1 Å². The van der Waals surface area contributed by atoms with Crippen molar-refractivity contribution >= 4 is 22.9 Å². The first-order valence-electron chi connectivity index (χ1n) is 5.72. The fourth-order valence-electron chi connectivity index (χ4n) is 1.80. The Morgan fingerprint density at radius 1 is 1.00 bits per heavy atom. The van der Waals surface area contributed by atoms with E-state index in [2.05, 4.69) is 15.0 Å². The van der Waals surface area contributed by atoms with E-state index in [1.165, 1.54) is 12.1 Å². The molecular formula is C14H10FN3O. The van der Waals surface area contributed by atoms with Crippen molar-refractivity contribution in [3.05, 3.63) is 64.3 Å². The van der Waals surface area contributed by atoms with E-state index in [9.17, 15) is 9.18 Å². The molecule has 0 aliphatic heterocycles. The zero-order valence-electron chi connectivity index (χ0n) is 9.85. The standard InChI is InChI=1S/C14H10FN3O/c15-10-3-1-9(2-4-10)8-16-11-5-6-12-13(7-11)18-14(19)17-12/h1-8H,(H2,17,18,19). The molecule has 0 saturated heterocycles. The average Bonchev–Trinajstić information content (AvgIpc) is 2.77. The van der Waals surface area contributed by atoms with Crippen molar-refractivity contribution in [3.63, 3.8) is 0 Å². The Labute approximate surface area is 107 Å². The minimum absolute atomic E-state index is 0.241. The maximum Gasteiger partial charge on any atom is 0.323 e. The van der Waals surface area contributed by atoms with Gasteiger partial charge in [0.15, 0.2) is 0 Å². The molecule has 0 spiro atoms. The van der Waals surface area contributed by atoms with Crippen molar-refractivity contribution in [2.24, 2.45) is 4.99 Å². The number of halogens is 1. The van der Waals surface area contributed by atoms with Crippen LogP contribution in [0, 0.1) is 5.82 Å². The summed E-state index contributed by atoms with van der Waals surface area (Å²) in [5.41, 5.74) is 2.73. The largest absolute Gasteiger partial charge is 0.323 e. The average molecular weight is 255 g/mol. The number of fused-ring (bicyclic) bond motifs is 1. The third-order valence-corrected chi connectivity index (χ3v) is 2.73. The van der Waals surface area contributed by atoms with Gasteiger partial charge in [0.05, 0.1) is 16.7 Å². The number of hydrogen-bond donors (Lipinski definition) is 2. The summed E-state index contributed by atoms with van der Waals surface area (Å²) in [4.78, 5) is 20.7. The second-order valence-electron chi connectivity index (χ2n) is 4.12. The second-order valence-corrected chi connectivity index (χ2v) is 4.12. The molecule has 4 nitrogen and oxygen atoms in total. The van der Waals surface area contributed by atoms with Crippen LogP contribution in [0.25, 0.3) is 11.0 Å². The Morgan fingerprint density at radius 3 is 2.53 bits per heavy atom. The Bertz CT molecular complexity index is 799. The van der Waals surface area contributed by atoms with E-state index in [1.807, 2.05) is 0 Å². The lowest BCUT2D eigenvalue weighted by Crippen LogP contribution is -1.99. The normalized spacial score (nSPS) is 11.4. The molecule has 0 bridgehead atoms. The quantitative estimate of drug-likeness (QED) is 0.679. The molecule has 2 N–H and O–H groups in total. The van der Waals surface area contributed by atoms with Crippen molar-refractivity contribution in [1.82, 2.24) is 9.97 Å². The first-order valence-corrected chi connectivity index (χ1v) is 5.72. The number of benzene rings is 2. The molecule has 0 saturated carbocycles. The fraction of sp³-hybridized carbons (Fsp3) is 0. The van der Waals surface area contributed by atoms with E-state index in [0.717, 1.165) is 11.1 Å². The highest BCUT2D eigenvalue weighted by Gasteiger charge is 1.98. The summed E-state index contributed by atoms with van der Waals surface area (Å²) < 4.78 is 12.7. The van der Waals surface area contributed by atoms with Gasteiger partial charge >= 0.3 is 5.69 Å². The van der Waals surface area contributed by atoms with Crippen LogP contribution in [-0.4, -0.2) is 16.2 Å². The highest BCUT2D eigenvalue weighted by molar-refractivity contribution is 5.84. The first kappa shape index (κ1) is 11.4. The molecule has 0 aliphatic carbocycles. The summed E-state index contributed by atoms with van der Waals surface area (Å²) in [5.74, 6) is -0.275. The summed E-state index contributed by atoms with van der Waals surface area (Å²) in [6.07, 6.45) is 1.64. The molecule has 5 heteroatoms. The number of rotatable bonds is 2. The van der Waals surface area contributed by atoms with Gasteiger partial charge in [0.2, 0.25) is 0 Å². The van der Waals surface area contributed by atoms with Gasteiger partial charge in [0.25, 0.3) is 0 Å². The number of hydrogen-bond acceptors (Lipinski definition) is 2. The molecule has 3 rings (SSSR count). The van der Waals surface area contributed by atoms with Gasteiger partial charge in [-0.05, 0) is 35.9 Å². The van der Waals surface area contributed by atoms with Gasteiger partial charge in [-0.3, -0.25) is 4.99 Å². The molecule has 1 heterocycles. The highest BCUT2D eigenvalue weighted by Crippen LogP contribution is 2.17. The maximum absolute atomic E-state index is 12.7. The van der Waals surface area contributed by atoms with Gasteiger partial charge < -0.3 is 9.97 Å². The van der Waals surface area contributed by atoms with Crippen LogP contribution in [-0.2, 0) is 0 Å². The highest BCUT2D eigenvalue weighted by atomic mass is 19.1. The van der Waals surface area contributed by atoms with E-state index in [0.29, 0.717) is 11.2 Å². The smallest absolute Gasteiger partial charge is 0.306 e. The molecule has 94 valence electrons. The number of aromatic nitrogens is 2. The lowest BCUT2D eigenvalue weighted by Gasteiger charge is -1.95. The van der Waals surface area contributed by atoms with E-state index in [-0.39, 0.29) is 11.5 Å². The van der Waals surface area contributed by atoms with Crippen LogP contribution >= 0.6 is 0 Å². The number of nitrogens with one attached hydrogen (secondary N) is 2. The summed E-state index contributed by atoms with van der Waals surface area (Å²) in [6.45, 7) is 0. The van der Waals surface area contributed by atoms with Crippen LogP contribution in [0.4, 0.5) is 10.1 Å². The SMILES string of the molecule is O=c1[nH]c2ccc(N=Cc3ccc(F)cc3)cc2[nH]1. The Hall–Kier alpha value is -2.69. The summed E-state index contributed by atoms with van der Waals surface area (Å²) >= 11 is 0. The molecule has 0 aliphatic rings. The monoisotopic (exact) mass is 255 g/mol. The van der Waals surface area contributed by atoms with Gasteiger partial charge in [-0.2, -0.15) is 0 Å². The number of aromatic amines is 2. The van der Waals surface area contributed by atoms with Crippen LogP contribution in [0.3, 0.4) is 0 Å². The van der Waals surface area contributed by atoms with Crippen LogP contribution in [0.2, 0.25) is 0 Å². The van der Waals surface area contributed by atoms with E-state index < -0.39 is 0 Å². The summed E-state index contributed by atoms with van der Waals surface area (Å²) in [6, 6.07) is 11.4. The van der Waals surface area contributed by atoms with Gasteiger partial charge in [0, 0.05) is 6.21 Å². The first-order chi connectivity index (χ1) is 9.20. The van der Waals surface area contributed by atoms with Gasteiger partial charge in [-0.25, -0.2) is 9.18 Å². The summed E-state index contributed by atoms with van der Waals surface area (Å²) in [5, 5.41) is 0. The van der Waals surface area contributed by atoms with E-state index >= 15 is 0 Å². The van der Waals surface area contributed by atoms with Crippen molar-refractivity contribution in [2.75, 3.05) is 0 Å². The lowest BCUT2D eigenvalue weighted by atomic mass is 10.2. The number of H-pyrrole nitrogens is 2. The van der Waals surface area contributed by atoms with Gasteiger partial charge in [0.1, 0.15) is 5.82 Å². The molecule has 0 atom stereocenters. The minimum atomic E-state index is -0.275.